The van der Waals surface area contributed by atoms with Gasteiger partial charge in [0, 0.05) is 12.5 Å². The number of aliphatic carboxylic acids is 1. The molecule has 0 bridgehead atoms. The Hall–Kier alpha value is -1.79. The number of amides is 3. The van der Waals surface area contributed by atoms with Crippen molar-refractivity contribution in [2.75, 3.05) is 0 Å². The molecule has 0 spiro atoms. The van der Waals surface area contributed by atoms with Crippen LogP contribution in [-0.2, 0) is 9.59 Å². The van der Waals surface area contributed by atoms with Crippen LogP contribution in [0.3, 0.4) is 0 Å². The van der Waals surface area contributed by atoms with Crippen LogP contribution in [0.1, 0.15) is 34.1 Å². The molecular formula is C11H21N3O4. The molecule has 0 radical (unpaired) electrons. The van der Waals surface area contributed by atoms with Crippen molar-refractivity contribution in [3.63, 3.8) is 0 Å². The van der Waals surface area contributed by atoms with Crippen LogP contribution in [0.4, 0.5) is 4.79 Å². The predicted octanol–water partition coefficient (Wildman–Crippen LogP) is 0.0488. The van der Waals surface area contributed by atoms with E-state index in [4.69, 9.17) is 10.8 Å². The minimum atomic E-state index is -1.11. The maximum absolute atomic E-state index is 11.6. The molecule has 5 N–H and O–H groups in total. The SMILES string of the molecule is CC(CC(N)=O)NC(=O)N[C@H](C(=O)O)C(C)(C)C. The van der Waals surface area contributed by atoms with Crippen molar-refractivity contribution in [1.29, 1.82) is 0 Å². The van der Waals surface area contributed by atoms with Crippen molar-refractivity contribution in [1.82, 2.24) is 10.6 Å². The summed E-state index contributed by atoms with van der Waals surface area (Å²) < 4.78 is 0. The van der Waals surface area contributed by atoms with E-state index < -0.39 is 35.4 Å². The molecule has 104 valence electrons. The molecule has 0 saturated heterocycles. The summed E-state index contributed by atoms with van der Waals surface area (Å²) in [7, 11) is 0. The Morgan fingerprint density at radius 2 is 1.72 bits per heavy atom. The fraction of sp³-hybridized carbons (Fsp3) is 0.727. The molecule has 0 aromatic rings. The van der Waals surface area contributed by atoms with E-state index in [0.29, 0.717) is 0 Å². The van der Waals surface area contributed by atoms with Gasteiger partial charge in [-0.05, 0) is 12.3 Å². The van der Waals surface area contributed by atoms with Gasteiger partial charge >= 0.3 is 12.0 Å². The molecule has 0 saturated carbocycles. The Morgan fingerprint density at radius 3 is 2.06 bits per heavy atom. The lowest BCUT2D eigenvalue weighted by atomic mass is 9.87. The van der Waals surface area contributed by atoms with E-state index in [2.05, 4.69) is 10.6 Å². The molecule has 0 aliphatic carbocycles. The lowest BCUT2D eigenvalue weighted by molar-refractivity contribution is -0.142. The summed E-state index contributed by atoms with van der Waals surface area (Å²) in [4.78, 5) is 33.2. The molecule has 7 heteroatoms. The molecule has 0 aromatic heterocycles. The Morgan fingerprint density at radius 1 is 1.22 bits per heavy atom. The first-order valence-electron chi connectivity index (χ1n) is 5.62. The van der Waals surface area contributed by atoms with Gasteiger partial charge in [-0.3, -0.25) is 4.79 Å². The van der Waals surface area contributed by atoms with Gasteiger partial charge < -0.3 is 21.5 Å². The van der Waals surface area contributed by atoms with Gasteiger partial charge in [0.05, 0.1) is 0 Å². The molecule has 7 nitrogen and oxygen atoms in total. The maximum atomic E-state index is 11.6. The second-order valence-corrected chi connectivity index (χ2v) is 5.33. The Balaban J connectivity index is 4.45. The fourth-order valence-electron chi connectivity index (χ4n) is 1.40. The molecule has 18 heavy (non-hydrogen) atoms. The van der Waals surface area contributed by atoms with Gasteiger partial charge in [0.1, 0.15) is 6.04 Å². The average molecular weight is 259 g/mol. The summed E-state index contributed by atoms with van der Waals surface area (Å²) in [6.45, 7) is 6.73. The third kappa shape index (κ3) is 6.07. The van der Waals surface area contributed by atoms with Crippen LogP contribution in [0.25, 0.3) is 0 Å². The molecule has 0 rings (SSSR count). The third-order valence-electron chi connectivity index (χ3n) is 2.27. The van der Waals surface area contributed by atoms with E-state index in [-0.39, 0.29) is 6.42 Å². The highest BCUT2D eigenvalue weighted by Crippen LogP contribution is 2.19. The van der Waals surface area contributed by atoms with Crippen molar-refractivity contribution in [2.45, 2.75) is 46.2 Å². The van der Waals surface area contributed by atoms with Crippen LogP contribution in [0, 0.1) is 5.41 Å². The summed E-state index contributed by atoms with van der Waals surface area (Å²) >= 11 is 0. The number of carboxylic acid groups (broad SMARTS) is 1. The summed E-state index contributed by atoms with van der Waals surface area (Å²) in [5.74, 6) is -1.64. The summed E-state index contributed by atoms with van der Waals surface area (Å²) in [6.07, 6.45) is 0.000671. The molecule has 0 heterocycles. The lowest BCUT2D eigenvalue weighted by Crippen LogP contribution is -2.53. The smallest absolute Gasteiger partial charge is 0.326 e. The predicted molar refractivity (Wildman–Crippen MR) is 65.8 cm³/mol. The third-order valence-corrected chi connectivity index (χ3v) is 2.27. The highest BCUT2D eigenvalue weighted by molar-refractivity contribution is 5.83. The summed E-state index contributed by atoms with van der Waals surface area (Å²) in [5, 5.41) is 13.8. The minimum absolute atomic E-state index is 0.000671. The van der Waals surface area contributed by atoms with Gasteiger partial charge in [0.25, 0.3) is 0 Å². The largest absolute Gasteiger partial charge is 0.480 e. The highest BCUT2D eigenvalue weighted by Gasteiger charge is 2.32. The number of nitrogens with one attached hydrogen (secondary N) is 2. The quantitative estimate of drug-likeness (QED) is 0.557. The fourth-order valence-corrected chi connectivity index (χ4v) is 1.40. The molecule has 0 aliphatic heterocycles. The zero-order valence-corrected chi connectivity index (χ0v) is 11.1. The van der Waals surface area contributed by atoms with Crippen LogP contribution >= 0.6 is 0 Å². The molecule has 3 amide bonds. The van der Waals surface area contributed by atoms with Crippen LogP contribution in [-0.4, -0.2) is 35.1 Å². The molecular weight excluding hydrogens is 238 g/mol. The zero-order chi connectivity index (χ0) is 14.5. The monoisotopic (exact) mass is 259 g/mol. The first kappa shape index (κ1) is 16.2. The van der Waals surface area contributed by atoms with Crippen LogP contribution < -0.4 is 16.4 Å². The number of nitrogens with two attached hydrogens (primary N) is 1. The number of carboxylic acids is 1. The van der Waals surface area contributed by atoms with E-state index in [1.165, 1.54) is 0 Å². The second-order valence-electron chi connectivity index (χ2n) is 5.33. The van der Waals surface area contributed by atoms with Crippen molar-refractivity contribution >= 4 is 17.9 Å². The number of urea groups is 1. The number of primary amides is 1. The average Bonchev–Trinajstić information content (AvgIpc) is 2.09. The normalized spacial score (nSPS) is 14.4. The van der Waals surface area contributed by atoms with Crippen LogP contribution in [0.15, 0.2) is 0 Å². The van der Waals surface area contributed by atoms with E-state index in [9.17, 15) is 14.4 Å². The number of carbonyl (C=O) groups excluding carboxylic acids is 2. The number of rotatable bonds is 5. The van der Waals surface area contributed by atoms with Crippen molar-refractivity contribution in [3.05, 3.63) is 0 Å². The van der Waals surface area contributed by atoms with Gasteiger partial charge in [-0.1, -0.05) is 20.8 Å². The second kappa shape index (κ2) is 6.23. The van der Waals surface area contributed by atoms with Crippen molar-refractivity contribution in [2.24, 2.45) is 11.1 Å². The molecule has 2 atom stereocenters. The first-order valence-corrected chi connectivity index (χ1v) is 5.62. The van der Waals surface area contributed by atoms with E-state index in [0.717, 1.165) is 0 Å². The Kier molecular flexibility index (Phi) is 5.61. The maximum Gasteiger partial charge on any atom is 0.326 e. The number of hydrogen-bond acceptors (Lipinski definition) is 3. The van der Waals surface area contributed by atoms with Gasteiger partial charge in [-0.15, -0.1) is 0 Å². The van der Waals surface area contributed by atoms with Crippen LogP contribution in [0.2, 0.25) is 0 Å². The summed E-state index contributed by atoms with van der Waals surface area (Å²) in [6, 6.07) is -2.10. The molecule has 0 aliphatic rings. The van der Waals surface area contributed by atoms with Gasteiger partial charge in [-0.2, -0.15) is 0 Å². The first-order chi connectivity index (χ1) is 8.04. The zero-order valence-electron chi connectivity index (χ0n) is 11.1. The van der Waals surface area contributed by atoms with Crippen molar-refractivity contribution < 1.29 is 19.5 Å². The van der Waals surface area contributed by atoms with Gasteiger partial charge in [0.2, 0.25) is 5.91 Å². The van der Waals surface area contributed by atoms with Gasteiger partial charge in [-0.25, -0.2) is 9.59 Å². The Labute approximate surface area is 106 Å². The molecule has 0 fully saturated rings. The highest BCUT2D eigenvalue weighted by atomic mass is 16.4. The molecule has 0 aromatic carbocycles. The van der Waals surface area contributed by atoms with E-state index >= 15 is 0 Å². The summed E-state index contributed by atoms with van der Waals surface area (Å²) in [5.41, 5.74) is 4.37. The van der Waals surface area contributed by atoms with Crippen molar-refractivity contribution in [3.8, 4) is 0 Å². The minimum Gasteiger partial charge on any atom is -0.480 e. The van der Waals surface area contributed by atoms with Gasteiger partial charge in [0.15, 0.2) is 0 Å². The standard InChI is InChI=1S/C11H21N3O4/c1-6(5-7(12)15)13-10(18)14-8(9(16)17)11(2,3)4/h6,8H,5H2,1-4H3,(H2,12,15)(H,16,17)(H2,13,14,18)/t6?,8-/m1/s1. The van der Waals surface area contributed by atoms with E-state index in [1.54, 1.807) is 27.7 Å². The number of hydrogen-bond donors (Lipinski definition) is 4. The topological polar surface area (TPSA) is 122 Å². The molecule has 1 unspecified atom stereocenters. The Bertz CT molecular complexity index is 336. The van der Waals surface area contributed by atoms with Crippen LogP contribution in [0.5, 0.6) is 0 Å². The van der Waals surface area contributed by atoms with E-state index in [1.807, 2.05) is 0 Å². The lowest BCUT2D eigenvalue weighted by Gasteiger charge is -2.28. The number of carbonyl (C=O) groups is 3.